The Hall–Kier alpha value is -0.510. The molecule has 4 aliphatic rings. The maximum atomic E-state index is 6.47. The first-order valence-corrected chi connectivity index (χ1v) is 9.74. The average molecular weight is 315 g/mol. The van der Waals surface area contributed by atoms with Gasteiger partial charge in [0.15, 0.2) is 0 Å². The van der Waals surface area contributed by atoms with Crippen molar-refractivity contribution in [1.82, 2.24) is 5.06 Å². The van der Waals surface area contributed by atoms with E-state index >= 15 is 0 Å². The minimum atomic E-state index is 0.360. The van der Waals surface area contributed by atoms with E-state index in [2.05, 4.69) is 54.1 Å². The van der Waals surface area contributed by atoms with Crippen molar-refractivity contribution in [1.29, 1.82) is 0 Å². The summed E-state index contributed by atoms with van der Waals surface area (Å²) in [6.45, 7) is 3.59. The molecule has 2 saturated carbocycles. The van der Waals surface area contributed by atoms with Crippen molar-refractivity contribution in [3.63, 3.8) is 0 Å². The molecule has 0 radical (unpaired) electrons. The Morgan fingerprint density at radius 2 is 1.95 bits per heavy atom. The summed E-state index contributed by atoms with van der Waals surface area (Å²) < 4.78 is 0.360. The van der Waals surface area contributed by atoms with Crippen molar-refractivity contribution >= 4 is 11.8 Å². The quantitative estimate of drug-likeness (QED) is 0.797. The van der Waals surface area contributed by atoms with E-state index in [1.165, 1.54) is 43.4 Å². The second kappa shape index (κ2) is 4.75. The van der Waals surface area contributed by atoms with Crippen molar-refractivity contribution < 1.29 is 4.84 Å². The van der Waals surface area contributed by atoms with Gasteiger partial charge in [-0.1, -0.05) is 38.0 Å². The normalized spacial score (nSPS) is 46.7. The highest BCUT2D eigenvalue weighted by molar-refractivity contribution is 8.00. The zero-order valence-electron chi connectivity index (χ0n) is 13.3. The monoisotopic (exact) mass is 315 g/mol. The van der Waals surface area contributed by atoms with Crippen LogP contribution in [0.3, 0.4) is 0 Å². The zero-order chi connectivity index (χ0) is 14.8. The van der Waals surface area contributed by atoms with Crippen LogP contribution in [0.25, 0.3) is 0 Å². The predicted molar refractivity (Wildman–Crippen MR) is 89.7 cm³/mol. The van der Waals surface area contributed by atoms with Crippen LogP contribution in [-0.4, -0.2) is 28.5 Å². The minimum absolute atomic E-state index is 0.360. The van der Waals surface area contributed by atoms with Gasteiger partial charge in [-0.15, -0.1) is 11.8 Å². The highest BCUT2D eigenvalue weighted by Crippen LogP contribution is 2.67. The third kappa shape index (κ3) is 1.65. The van der Waals surface area contributed by atoms with Crippen LogP contribution in [0.1, 0.15) is 45.4 Å². The van der Waals surface area contributed by atoms with Gasteiger partial charge < -0.3 is 0 Å². The van der Waals surface area contributed by atoms with Gasteiger partial charge in [0.1, 0.15) is 0 Å². The molecule has 1 spiro atoms. The van der Waals surface area contributed by atoms with Crippen molar-refractivity contribution in [2.75, 3.05) is 6.54 Å². The fourth-order valence-corrected chi connectivity index (χ4v) is 7.75. The molecule has 118 valence electrons. The van der Waals surface area contributed by atoms with Crippen molar-refractivity contribution in [2.45, 2.75) is 67.2 Å². The van der Waals surface area contributed by atoms with E-state index in [0.29, 0.717) is 28.2 Å². The maximum absolute atomic E-state index is 6.47. The van der Waals surface area contributed by atoms with Gasteiger partial charge in [-0.05, 0) is 43.7 Å². The van der Waals surface area contributed by atoms with E-state index in [1.807, 2.05) is 0 Å². The first-order chi connectivity index (χ1) is 10.7. The number of nitrogens with zero attached hydrogens (tertiary/aromatic N) is 1. The topological polar surface area (TPSA) is 12.5 Å². The van der Waals surface area contributed by atoms with E-state index < -0.39 is 0 Å². The molecule has 0 aromatic heterocycles. The summed E-state index contributed by atoms with van der Waals surface area (Å²) in [7, 11) is 0. The zero-order valence-corrected chi connectivity index (χ0v) is 14.1. The summed E-state index contributed by atoms with van der Waals surface area (Å²) in [4.78, 5) is 7.91. The van der Waals surface area contributed by atoms with Gasteiger partial charge in [0.2, 0.25) is 0 Å². The fraction of sp³-hybridized carbons (Fsp3) is 0.684. The predicted octanol–water partition coefficient (Wildman–Crippen LogP) is 4.51. The van der Waals surface area contributed by atoms with Gasteiger partial charge in [-0.2, -0.15) is 5.06 Å². The molecule has 0 bridgehead atoms. The van der Waals surface area contributed by atoms with Crippen LogP contribution in [0.2, 0.25) is 0 Å². The fourth-order valence-electron chi connectivity index (χ4n) is 6.03. The number of benzene rings is 1. The average Bonchev–Trinajstić information content (AvgIpc) is 3.11. The maximum Gasteiger partial charge on any atom is 0.0865 e. The lowest BCUT2D eigenvalue weighted by Gasteiger charge is -2.49. The molecule has 2 nitrogen and oxygen atoms in total. The Labute approximate surface area is 137 Å². The summed E-state index contributed by atoms with van der Waals surface area (Å²) >= 11 is 2.16. The molecule has 0 amide bonds. The number of hydrogen-bond acceptors (Lipinski definition) is 3. The number of rotatable bonds is 2. The highest BCUT2D eigenvalue weighted by atomic mass is 32.2. The Kier molecular flexibility index (Phi) is 3.00. The second-order valence-electron chi connectivity index (χ2n) is 7.85. The van der Waals surface area contributed by atoms with Crippen LogP contribution in [0.5, 0.6) is 0 Å². The Bertz CT molecular complexity index is 578. The van der Waals surface area contributed by atoms with Gasteiger partial charge in [0.25, 0.3) is 0 Å². The molecule has 4 fully saturated rings. The van der Waals surface area contributed by atoms with Gasteiger partial charge in [0, 0.05) is 21.6 Å². The summed E-state index contributed by atoms with van der Waals surface area (Å²) in [5.74, 6) is 0.710. The first kappa shape index (κ1) is 13.9. The van der Waals surface area contributed by atoms with Crippen molar-refractivity contribution in [2.24, 2.45) is 11.3 Å². The summed E-state index contributed by atoms with van der Waals surface area (Å²) in [5, 5.41) is 2.42. The summed E-state index contributed by atoms with van der Waals surface area (Å²) in [6.07, 6.45) is 8.69. The molecule has 22 heavy (non-hydrogen) atoms. The smallest absolute Gasteiger partial charge is 0.0865 e. The van der Waals surface area contributed by atoms with E-state index in [0.717, 1.165) is 6.54 Å². The number of hydroxylamine groups is 2. The van der Waals surface area contributed by atoms with Gasteiger partial charge in [-0.25, -0.2) is 0 Å². The van der Waals surface area contributed by atoms with Crippen LogP contribution >= 0.6 is 11.8 Å². The van der Waals surface area contributed by atoms with E-state index in [4.69, 9.17) is 4.84 Å². The molecule has 1 aromatic carbocycles. The summed E-state index contributed by atoms with van der Waals surface area (Å²) in [5.41, 5.74) is 0.463. The molecule has 0 N–H and O–H groups in total. The highest BCUT2D eigenvalue weighted by Gasteiger charge is 2.70. The van der Waals surface area contributed by atoms with Crippen LogP contribution in [-0.2, 0) is 4.84 Å². The SMILES string of the molecule is C[C@@H]1CN2O[C@H]3CCCC34CCCC1(Sc1ccccc1)C24. The number of hydrogen-bond donors (Lipinski definition) is 0. The molecule has 3 unspecified atom stereocenters. The molecule has 3 heteroatoms. The molecular weight excluding hydrogens is 290 g/mol. The van der Waals surface area contributed by atoms with Crippen molar-refractivity contribution in [3.05, 3.63) is 30.3 Å². The minimum Gasteiger partial charge on any atom is -0.295 e. The van der Waals surface area contributed by atoms with Gasteiger partial charge in [0.05, 0.1) is 12.1 Å². The Morgan fingerprint density at radius 1 is 1.14 bits per heavy atom. The molecule has 1 aromatic rings. The van der Waals surface area contributed by atoms with Crippen LogP contribution in [0.4, 0.5) is 0 Å². The standard InChI is InChI=1S/C19H25NOS/c1-14-13-20-17-18(10-5-9-16(18)21-20)11-6-12-19(14,17)22-15-7-3-2-4-8-15/h2-4,7-8,14,16-17H,5-6,9-13H2,1H3/t14-,16+,17?,18?,19?/m1/s1. The molecule has 2 saturated heterocycles. The van der Waals surface area contributed by atoms with Crippen molar-refractivity contribution in [3.8, 4) is 0 Å². The lowest BCUT2D eigenvalue weighted by Crippen LogP contribution is -2.54. The lowest BCUT2D eigenvalue weighted by molar-refractivity contribution is -0.151. The Balaban J connectivity index is 1.58. The van der Waals surface area contributed by atoms with Crippen LogP contribution in [0.15, 0.2) is 35.2 Å². The number of thioether (sulfide) groups is 1. The third-order valence-corrected chi connectivity index (χ3v) is 8.57. The van der Waals surface area contributed by atoms with Gasteiger partial charge in [-0.3, -0.25) is 4.84 Å². The lowest BCUT2D eigenvalue weighted by atomic mass is 9.63. The third-order valence-electron chi connectivity index (χ3n) is 6.86. The summed E-state index contributed by atoms with van der Waals surface area (Å²) in [6, 6.07) is 11.7. The van der Waals surface area contributed by atoms with E-state index in [1.54, 1.807) is 0 Å². The molecule has 2 heterocycles. The van der Waals surface area contributed by atoms with Crippen LogP contribution < -0.4 is 0 Å². The first-order valence-electron chi connectivity index (χ1n) is 8.92. The van der Waals surface area contributed by atoms with E-state index in [-0.39, 0.29) is 0 Å². The van der Waals surface area contributed by atoms with Gasteiger partial charge >= 0.3 is 0 Å². The largest absolute Gasteiger partial charge is 0.295 e. The van der Waals surface area contributed by atoms with Crippen LogP contribution in [0, 0.1) is 11.3 Å². The molecule has 5 atom stereocenters. The van der Waals surface area contributed by atoms with E-state index in [9.17, 15) is 0 Å². The molecular formula is C19H25NOS. The molecule has 2 aliphatic carbocycles. The molecule has 2 aliphatic heterocycles. The Morgan fingerprint density at radius 3 is 2.82 bits per heavy atom. The second-order valence-corrected chi connectivity index (χ2v) is 9.28. The molecule has 5 rings (SSSR count).